The molecular weight excluding hydrogens is 260 g/mol. The summed E-state index contributed by atoms with van der Waals surface area (Å²) in [4.78, 5) is 2.09. The van der Waals surface area contributed by atoms with E-state index in [4.69, 9.17) is 14.3 Å². The number of piperidine rings is 1. The summed E-state index contributed by atoms with van der Waals surface area (Å²) >= 11 is 0. The van der Waals surface area contributed by atoms with Gasteiger partial charge in [-0.05, 0) is 25.8 Å². The third kappa shape index (κ3) is 4.43. The predicted molar refractivity (Wildman–Crippen MR) is 74.6 cm³/mol. The largest absolute Gasteiger partial charge is 0.407 e. The van der Waals surface area contributed by atoms with E-state index in [1.54, 1.807) is 0 Å². The molecule has 20 heavy (non-hydrogen) atoms. The summed E-state index contributed by atoms with van der Waals surface area (Å²) < 4.78 is 11.2. The van der Waals surface area contributed by atoms with Crippen molar-refractivity contribution in [3.05, 3.63) is 5.89 Å². The summed E-state index contributed by atoms with van der Waals surface area (Å²) in [6.45, 7) is 5.88. The van der Waals surface area contributed by atoms with Gasteiger partial charge in [-0.3, -0.25) is 0 Å². The first-order valence-electron chi connectivity index (χ1n) is 7.34. The maximum atomic E-state index is 8.74. The second kappa shape index (κ2) is 8.18. The molecular formula is C13H24N4O3. The smallest absolute Gasteiger partial charge is 0.318 e. The van der Waals surface area contributed by atoms with Gasteiger partial charge in [0.25, 0.3) is 0 Å². The average molecular weight is 284 g/mol. The maximum Gasteiger partial charge on any atom is 0.318 e. The fourth-order valence-electron chi connectivity index (χ4n) is 2.25. The van der Waals surface area contributed by atoms with Gasteiger partial charge >= 0.3 is 6.01 Å². The number of aliphatic hydroxyl groups is 1. The van der Waals surface area contributed by atoms with E-state index in [0.717, 1.165) is 38.9 Å². The van der Waals surface area contributed by atoms with Crippen LogP contribution in [-0.2, 0) is 11.3 Å². The summed E-state index contributed by atoms with van der Waals surface area (Å²) in [6.07, 6.45) is 3.16. The van der Waals surface area contributed by atoms with Crippen molar-refractivity contribution in [2.75, 3.05) is 37.7 Å². The minimum atomic E-state index is 0.0813. The van der Waals surface area contributed by atoms with Crippen LogP contribution in [0.25, 0.3) is 0 Å². The summed E-state index contributed by atoms with van der Waals surface area (Å²) in [5.41, 5.74) is 0. The molecule has 0 atom stereocenters. The van der Waals surface area contributed by atoms with E-state index >= 15 is 0 Å². The van der Waals surface area contributed by atoms with Crippen LogP contribution in [-0.4, -0.2) is 54.3 Å². The number of hydrogen-bond donors (Lipinski definition) is 2. The Morgan fingerprint density at radius 1 is 1.40 bits per heavy atom. The van der Waals surface area contributed by atoms with Crippen LogP contribution >= 0.6 is 0 Å². The molecule has 114 valence electrons. The number of rotatable bonds is 8. The number of hydrogen-bond acceptors (Lipinski definition) is 7. The van der Waals surface area contributed by atoms with Crippen LogP contribution in [0.1, 0.15) is 32.1 Å². The molecule has 7 heteroatoms. The van der Waals surface area contributed by atoms with Gasteiger partial charge in [-0.25, -0.2) is 0 Å². The molecule has 0 saturated carbocycles. The van der Waals surface area contributed by atoms with Gasteiger partial charge < -0.3 is 24.5 Å². The predicted octanol–water partition coefficient (Wildman–Crippen LogP) is 0.547. The van der Waals surface area contributed by atoms with Crippen LogP contribution in [0.3, 0.4) is 0 Å². The van der Waals surface area contributed by atoms with Crippen LogP contribution in [0.15, 0.2) is 4.42 Å². The van der Waals surface area contributed by atoms with E-state index in [0.29, 0.717) is 25.1 Å². The van der Waals surface area contributed by atoms with Crippen LogP contribution in [0, 0.1) is 0 Å². The Labute approximate surface area is 119 Å². The van der Waals surface area contributed by atoms with Gasteiger partial charge in [0, 0.05) is 13.1 Å². The van der Waals surface area contributed by atoms with Gasteiger partial charge in [-0.1, -0.05) is 12.0 Å². The molecule has 0 amide bonds. The standard InChI is InChI=1S/C13H24N4O3/c1-2-5-14-10-12-15-16-13(20-12)17-6-3-11(4-7-17)19-9-8-18/h11,14,18H,2-10H2,1H3. The Balaban J connectivity index is 1.75. The number of nitrogens with zero attached hydrogens (tertiary/aromatic N) is 3. The molecule has 0 bridgehead atoms. The van der Waals surface area contributed by atoms with Crippen LogP contribution in [0.5, 0.6) is 0 Å². The molecule has 1 fully saturated rings. The molecule has 2 N–H and O–H groups in total. The molecule has 1 aliphatic rings. The lowest BCUT2D eigenvalue weighted by Crippen LogP contribution is -2.37. The molecule has 1 aromatic heterocycles. The molecule has 7 nitrogen and oxygen atoms in total. The number of anilines is 1. The van der Waals surface area contributed by atoms with Gasteiger partial charge in [0.05, 0.1) is 25.9 Å². The monoisotopic (exact) mass is 284 g/mol. The zero-order valence-corrected chi connectivity index (χ0v) is 12.0. The molecule has 0 aromatic carbocycles. The van der Waals surface area contributed by atoms with Gasteiger partial charge in [0.15, 0.2) is 0 Å². The fourth-order valence-corrected chi connectivity index (χ4v) is 2.25. The van der Waals surface area contributed by atoms with Crippen molar-refractivity contribution in [2.24, 2.45) is 0 Å². The lowest BCUT2D eigenvalue weighted by atomic mass is 10.1. The van der Waals surface area contributed by atoms with Crippen molar-refractivity contribution < 1.29 is 14.3 Å². The number of ether oxygens (including phenoxy) is 1. The molecule has 0 spiro atoms. The molecule has 0 unspecified atom stereocenters. The van der Waals surface area contributed by atoms with Crippen LogP contribution in [0.2, 0.25) is 0 Å². The van der Waals surface area contributed by atoms with Crippen molar-refractivity contribution >= 4 is 6.01 Å². The highest BCUT2D eigenvalue weighted by Gasteiger charge is 2.23. The zero-order chi connectivity index (χ0) is 14.2. The maximum absolute atomic E-state index is 8.74. The Kier molecular flexibility index (Phi) is 6.23. The lowest BCUT2D eigenvalue weighted by Gasteiger charge is -2.30. The summed E-state index contributed by atoms with van der Waals surface area (Å²) in [5.74, 6) is 0.632. The first kappa shape index (κ1) is 15.2. The Bertz CT molecular complexity index is 377. The highest BCUT2D eigenvalue weighted by atomic mass is 16.5. The summed E-state index contributed by atoms with van der Waals surface area (Å²) in [5, 5.41) is 20.1. The lowest BCUT2D eigenvalue weighted by molar-refractivity contribution is 0.0154. The van der Waals surface area contributed by atoms with E-state index in [9.17, 15) is 0 Å². The Morgan fingerprint density at radius 3 is 2.90 bits per heavy atom. The van der Waals surface area contributed by atoms with Gasteiger partial charge in [0.2, 0.25) is 5.89 Å². The highest BCUT2D eigenvalue weighted by Crippen LogP contribution is 2.20. The average Bonchev–Trinajstić information content (AvgIpc) is 2.95. The minimum Gasteiger partial charge on any atom is -0.407 e. The molecule has 1 aliphatic heterocycles. The first-order valence-corrected chi connectivity index (χ1v) is 7.34. The SMILES string of the molecule is CCCNCc1nnc(N2CCC(OCCO)CC2)o1. The zero-order valence-electron chi connectivity index (χ0n) is 12.0. The third-order valence-corrected chi connectivity index (χ3v) is 3.32. The fraction of sp³-hybridized carbons (Fsp3) is 0.846. The van der Waals surface area contributed by atoms with Crippen molar-refractivity contribution in [2.45, 2.75) is 38.8 Å². The summed E-state index contributed by atoms with van der Waals surface area (Å²) in [6, 6.07) is 0.596. The van der Waals surface area contributed by atoms with E-state index in [1.807, 2.05) is 0 Å². The molecule has 0 aliphatic carbocycles. The molecule has 1 aromatic rings. The van der Waals surface area contributed by atoms with E-state index in [1.165, 1.54) is 0 Å². The van der Waals surface area contributed by atoms with E-state index < -0.39 is 0 Å². The Hall–Kier alpha value is -1.18. The van der Waals surface area contributed by atoms with E-state index in [-0.39, 0.29) is 12.7 Å². The normalized spacial score (nSPS) is 16.8. The quantitative estimate of drug-likeness (QED) is 0.674. The van der Waals surface area contributed by atoms with Gasteiger partial charge in [-0.2, -0.15) is 0 Å². The first-order chi connectivity index (χ1) is 9.83. The number of nitrogens with one attached hydrogen (secondary N) is 1. The van der Waals surface area contributed by atoms with Crippen molar-refractivity contribution in [1.29, 1.82) is 0 Å². The topological polar surface area (TPSA) is 83.7 Å². The highest BCUT2D eigenvalue weighted by molar-refractivity contribution is 5.24. The van der Waals surface area contributed by atoms with Crippen molar-refractivity contribution in [3.8, 4) is 0 Å². The van der Waals surface area contributed by atoms with Crippen LogP contribution in [0.4, 0.5) is 6.01 Å². The van der Waals surface area contributed by atoms with Crippen LogP contribution < -0.4 is 10.2 Å². The minimum absolute atomic E-state index is 0.0813. The van der Waals surface area contributed by atoms with E-state index in [2.05, 4.69) is 27.3 Å². The second-order valence-corrected chi connectivity index (χ2v) is 4.94. The van der Waals surface area contributed by atoms with Crippen molar-refractivity contribution in [1.82, 2.24) is 15.5 Å². The number of aromatic nitrogens is 2. The Morgan fingerprint density at radius 2 is 2.20 bits per heavy atom. The molecule has 2 rings (SSSR count). The number of aliphatic hydroxyl groups excluding tert-OH is 1. The molecule has 2 heterocycles. The third-order valence-electron chi connectivity index (χ3n) is 3.32. The van der Waals surface area contributed by atoms with Gasteiger partial charge in [0.1, 0.15) is 0 Å². The second-order valence-electron chi connectivity index (χ2n) is 4.94. The van der Waals surface area contributed by atoms with Crippen molar-refractivity contribution in [3.63, 3.8) is 0 Å². The molecule has 0 radical (unpaired) electrons. The van der Waals surface area contributed by atoms with Gasteiger partial charge in [-0.15, -0.1) is 5.10 Å². The summed E-state index contributed by atoms with van der Waals surface area (Å²) in [7, 11) is 0. The molecule has 1 saturated heterocycles.